The summed E-state index contributed by atoms with van der Waals surface area (Å²) < 4.78 is 67.8. The summed E-state index contributed by atoms with van der Waals surface area (Å²) in [5.41, 5.74) is 0. The molecule has 0 radical (unpaired) electrons. The van der Waals surface area contributed by atoms with Gasteiger partial charge in [-0.3, -0.25) is 37.3 Å². The topological polar surface area (TPSA) is 237 Å². The van der Waals surface area contributed by atoms with E-state index in [1.54, 1.807) is 0 Å². The molecule has 0 aliphatic carbocycles. The maximum Gasteiger partial charge on any atom is 0.472 e. The molecule has 0 aromatic heterocycles. The zero-order chi connectivity index (χ0) is 61.3. The second-order valence-corrected chi connectivity index (χ2v) is 26.5. The van der Waals surface area contributed by atoms with E-state index in [9.17, 15) is 43.2 Å². The molecule has 0 spiro atoms. The van der Waals surface area contributed by atoms with Crippen LogP contribution in [-0.4, -0.2) is 96.7 Å². The van der Waals surface area contributed by atoms with Gasteiger partial charge < -0.3 is 33.8 Å². The van der Waals surface area contributed by atoms with E-state index in [2.05, 4.69) is 34.6 Å². The SMILES string of the molecule is CCCCCCCCCCCCC(=O)OC[C@H](COP(=O)(O)OC[C@@H](O)COP(=O)(O)OC[C@@H](COC(=O)CCCCCCCCC)OC(=O)CCCCCCCCCC)OC(=O)CCCCCCCCCCCCCCCCCC(C)C. The summed E-state index contributed by atoms with van der Waals surface area (Å²) in [4.78, 5) is 72.0. The lowest BCUT2D eigenvalue weighted by atomic mass is 10.0. The maximum atomic E-state index is 13.0. The van der Waals surface area contributed by atoms with Gasteiger partial charge in [-0.2, -0.15) is 0 Å². The number of hydrogen-bond donors (Lipinski definition) is 3. The number of hydrogen-bond acceptors (Lipinski definition) is 15. The highest BCUT2D eigenvalue weighted by Crippen LogP contribution is 2.45. The minimum absolute atomic E-state index is 0.105. The molecule has 0 aliphatic rings. The van der Waals surface area contributed by atoms with Gasteiger partial charge in [-0.05, 0) is 31.6 Å². The normalized spacial score (nSPS) is 14.2. The van der Waals surface area contributed by atoms with E-state index in [1.165, 1.54) is 128 Å². The van der Waals surface area contributed by atoms with Crippen molar-refractivity contribution in [2.45, 2.75) is 342 Å². The average molecular weight is 1230 g/mol. The smallest absolute Gasteiger partial charge is 0.462 e. The molecule has 17 nitrogen and oxygen atoms in total. The first kappa shape index (κ1) is 81.1. The lowest BCUT2D eigenvalue weighted by Gasteiger charge is -2.21. The molecule has 0 bridgehead atoms. The van der Waals surface area contributed by atoms with Crippen LogP contribution in [0.4, 0.5) is 0 Å². The van der Waals surface area contributed by atoms with Crippen molar-refractivity contribution in [1.29, 1.82) is 0 Å². The molecule has 83 heavy (non-hydrogen) atoms. The Balaban J connectivity index is 5.14. The van der Waals surface area contributed by atoms with E-state index in [0.29, 0.717) is 25.7 Å². The summed E-state index contributed by atoms with van der Waals surface area (Å²) in [6.45, 7) is 7.15. The van der Waals surface area contributed by atoms with Crippen LogP contribution in [-0.2, 0) is 65.4 Å². The molecule has 0 amide bonds. The van der Waals surface area contributed by atoms with Crippen molar-refractivity contribution in [2.75, 3.05) is 39.6 Å². The van der Waals surface area contributed by atoms with Crippen LogP contribution in [0.1, 0.15) is 324 Å². The number of phosphoric acid groups is 2. The van der Waals surface area contributed by atoms with E-state index in [0.717, 1.165) is 115 Å². The van der Waals surface area contributed by atoms with Crippen LogP contribution in [0.25, 0.3) is 0 Å². The fourth-order valence-corrected chi connectivity index (χ4v) is 11.2. The third-order valence-corrected chi connectivity index (χ3v) is 16.7. The van der Waals surface area contributed by atoms with Gasteiger partial charge in [0.2, 0.25) is 0 Å². The highest BCUT2D eigenvalue weighted by atomic mass is 31.2. The Morgan fingerprint density at radius 3 is 0.819 bits per heavy atom. The minimum atomic E-state index is -4.94. The highest BCUT2D eigenvalue weighted by Gasteiger charge is 2.30. The van der Waals surface area contributed by atoms with Crippen LogP contribution < -0.4 is 0 Å². The first-order valence-corrected chi connectivity index (χ1v) is 36.6. The van der Waals surface area contributed by atoms with Gasteiger partial charge in [0.15, 0.2) is 12.2 Å². The summed E-state index contributed by atoms with van der Waals surface area (Å²) in [5, 5.41) is 10.5. The Morgan fingerprint density at radius 1 is 0.325 bits per heavy atom. The summed E-state index contributed by atoms with van der Waals surface area (Å²) in [7, 11) is -9.88. The van der Waals surface area contributed by atoms with Crippen LogP contribution >= 0.6 is 15.6 Å². The van der Waals surface area contributed by atoms with Gasteiger partial charge in [0.05, 0.1) is 26.4 Å². The first-order chi connectivity index (χ1) is 40.0. The van der Waals surface area contributed by atoms with Crippen molar-refractivity contribution in [2.24, 2.45) is 5.92 Å². The molecule has 2 unspecified atom stereocenters. The molecule has 0 aliphatic heterocycles. The van der Waals surface area contributed by atoms with Crippen LogP contribution in [0, 0.1) is 5.92 Å². The number of aliphatic hydroxyl groups is 1. The second-order valence-electron chi connectivity index (χ2n) is 23.6. The molecule has 0 aromatic carbocycles. The van der Waals surface area contributed by atoms with Gasteiger partial charge in [-0.15, -0.1) is 0 Å². The van der Waals surface area contributed by atoms with Crippen molar-refractivity contribution in [3.8, 4) is 0 Å². The Morgan fingerprint density at radius 2 is 0.554 bits per heavy atom. The van der Waals surface area contributed by atoms with E-state index >= 15 is 0 Å². The third kappa shape index (κ3) is 58.8. The molecule has 19 heteroatoms. The van der Waals surface area contributed by atoms with Crippen molar-refractivity contribution in [1.82, 2.24) is 0 Å². The minimum Gasteiger partial charge on any atom is -0.462 e. The lowest BCUT2D eigenvalue weighted by Crippen LogP contribution is -2.30. The molecule has 0 saturated carbocycles. The van der Waals surface area contributed by atoms with Gasteiger partial charge in [-0.25, -0.2) is 9.13 Å². The van der Waals surface area contributed by atoms with Gasteiger partial charge in [0.1, 0.15) is 19.3 Å². The summed E-state index contributed by atoms with van der Waals surface area (Å²) in [5.74, 6) is -1.34. The van der Waals surface area contributed by atoms with Crippen molar-refractivity contribution >= 4 is 39.5 Å². The summed E-state index contributed by atoms with van der Waals surface area (Å²) in [6.07, 6.45) is 41.9. The van der Waals surface area contributed by atoms with E-state index in [1.807, 2.05) is 0 Å². The summed E-state index contributed by atoms with van der Waals surface area (Å²) >= 11 is 0. The van der Waals surface area contributed by atoms with Crippen molar-refractivity contribution in [3.05, 3.63) is 0 Å². The van der Waals surface area contributed by atoms with Crippen LogP contribution in [0.3, 0.4) is 0 Å². The van der Waals surface area contributed by atoms with E-state index in [4.69, 9.17) is 37.0 Å². The number of carbonyl (C=O) groups excluding carboxylic acids is 4. The molecule has 0 heterocycles. The number of rotatable bonds is 64. The number of unbranched alkanes of at least 4 members (excludes halogenated alkanes) is 36. The third-order valence-electron chi connectivity index (χ3n) is 14.8. The van der Waals surface area contributed by atoms with Gasteiger partial charge in [0, 0.05) is 25.7 Å². The first-order valence-electron chi connectivity index (χ1n) is 33.6. The Labute approximate surface area is 505 Å². The monoisotopic (exact) mass is 1230 g/mol. The fraction of sp³-hybridized carbons (Fsp3) is 0.938. The number of aliphatic hydroxyl groups excluding tert-OH is 1. The van der Waals surface area contributed by atoms with Gasteiger partial charge in [-0.1, -0.05) is 272 Å². The second kappa shape index (κ2) is 57.8. The Hall–Kier alpha value is -1.94. The van der Waals surface area contributed by atoms with Crippen LogP contribution in [0.5, 0.6) is 0 Å². The quantitative estimate of drug-likeness (QED) is 0.0222. The molecule has 0 rings (SSSR count). The lowest BCUT2D eigenvalue weighted by molar-refractivity contribution is -0.161. The van der Waals surface area contributed by atoms with Crippen molar-refractivity contribution < 1.29 is 80.2 Å². The molecule has 0 aromatic rings. The zero-order valence-corrected chi connectivity index (χ0v) is 55.1. The Bertz CT molecular complexity index is 1620. The average Bonchev–Trinajstić information content (AvgIpc) is 3.45. The molecule has 492 valence electrons. The van der Waals surface area contributed by atoms with E-state index in [-0.39, 0.29) is 25.7 Å². The number of phosphoric ester groups is 2. The predicted molar refractivity (Wildman–Crippen MR) is 331 cm³/mol. The molecule has 5 atom stereocenters. The number of esters is 4. The van der Waals surface area contributed by atoms with Gasteiger partial charge >= 0.3 is 39.5 Å². The predicted octanol–water partition coefficient (Wildman–Crippen LogP) is 17.8. The standard InChI is InChI=1S/C64H124O17P2/c1-6-9-12-15-18-20-29-34-38-43-48-62(67)75-54-60(81-64(69)50-45-40-35-30-27-25-23-21-22-24-26-28-32-36-41-46-57(4)5)56-79-83(72,73)77-52-58(65)51-76-82(70,71)78-55-59(53-74-61(66)47-42-37-31-17-14-11-8-3)80-63(68)49-44-39-33-19-16-13-10-7-2/h57-60,65H,6-56H2,1-5H3,(H,70,71)(H,72,73)/t58-,59+,60+/m0/s1. The molecular weight excluding hydrogens is 1100 g/mol. The molecule has 0 saturated heterocycles. The van der Waals surface area contributed by atoms with Crippen molar-refractivity contribution in [3.63, 3.8) is 0 Å². The van der Waals surface area contributed by atoms with Gasteiger partial charge in [0.25, 0.3) is 0 Å². The Kier molecular flexibility index (Phi) is 56.4. The fourth-order valence-electron chi connectivity index (χ4n) is 9.58. The molecule has 3 N–H and O–H groups in total. The maximum absolute atomic E-state index is 13.0. The van der Waals surface area contributed by atoms with Crippen LogP contribution in [0.15, 0.2) is 0 Å². The highest BCUT2D eigenvalue weighted by molar-refractivity contribution is 7.47. The molecule has 0 fully saturated rings. The van der Waals surface area contributed by atoms with E-state index < -0.39 is 97.5 Å². The molecular formula is C64H124O17P2. The largest absolute Gasteiger partial charge is 0.472 e. The number of ether oxygens (including phenoxy) is 4. The van der Waals surface area contributed by atoms with Crippen LogP contribution in [0.2, 0.25) is 0 Å². The zero-order valence-electron chi connectivity index (χ0n) is 53.3. The number of carbonyl (C=O) groups is 4. The summed E-state index contributed by atoms with van der Waals surface area (Å²) in [6, 6.07) is 0.